The molecule has 2 unspecified atom stereocenters. The van der Waals surface area contributed by atoms with E-state index in [4.69, 9.17) is 14.5 Å². The van der Waals surface area contributed by atoms with E-state index < -0.39 is 23.9 Å². The van der Waals surface area contributed by atoms with Crippen LogP contribution in [0.4, 0.5) is 5.00 Å². The van der Waals surface area contributed by atoms with Gasteiger partial charge in [-0.2, -0.15) is 0 Å². The maximum Gasteiger partial charge on any atom is 0.341 e. The van der Waals surface area contributed by atoms with Crippen LogP contribution in [0.25, 0.3) is 10.9 Å². The number of hydrogen-bond acceptors (Lipinski definition) is 8. The Hall–Kier alpha value is -3.30. The second kappa shape index (κ2) is 11.7. The van der Waals surface area contributed by atoms with Gasteiger partial charge in [0.25, 0.3) is 5.91 Å². The molecular weight excluding hydrogens is 526 g/mol. The number of aromatic nitrogens is 1. The Bertz CT molecular complexity index is 1460. The lowest BCUT2D eigenvalue weighted by Gasteiger charge is -2.32. The second-order valence-electron chi connectivity index (χ2n) is 11.1. The minimum Gasteiger partial charge on any atom is -0.465 e. The summed E-state index contributed by atoms with van der Waals surface area (Å²) in [6.07, 6.45) is 2.62. The zero-order valence-electron chi connectivity index (χ0n) is 23.8. The molecule has 9 heteroatoms. The average molecular weight is 564 g/mol. The summed E-state index contributed by atoms with van der Waals surface area (Å²) in [4.78, 5) is 48.3. The van der Waals surface area contributed by atoms with E-state index >= 15 is 0 Å². The van der Waals surface area contributed by atoms with Crippen LogP contribution in [0.2, 0.25) is 0 Å². The number of carbonyl (C=O) groups excluding carboxylic acids is 3. The van der Waals surface area contributed by atoms with E-state index in [0.717, 1.165) is 64.8 Å². The molecule has 0 saturated heterocycles. The van der Waals surface area contributed by atoms with E-state index in [0.29, 0.717) is 34.6 Å². The molecule has 3 heterocycles. The second-order valence-corrected chi connectivity index (χ2v) is 12.2. The molecule has 40 heavy (non-hydrogen) atoms. The van der Waals surface area contributed by atoms with Gasteiger partial charge in [-0.05, 0) is 57.1 Å². The van der Waals surface area contributed by atoms with Crippen molar-refractivity contribution in [2.75, 3.05) is 19.0 Å². The number of pyridine rings is 1. The number of rotatable bonds is 7. The fraction of sp³-hybridized carbons (Fsp3) is 0.484. The predicted molar refractivity (Wildman–Crippen MR) is 156 cm³/mol. The number of carbonyl (C=O) groups is 3. The number of thiophene rings is 1. The first kappa shape index (κ1) is 28.2. The SMILES string of the molecule is CCC(OC(=O)c1c2c(nc3ccccc13)CCN(C(C)C)C2)C(=O)Nc1sc2c(c1C(=O)OC)CCC(C)C2. The lowest BCUT2D eigenvalue weighted by atomic mass is 9.88. The zero-order valence-corrected chi connectivity index (χ0v) is 24.7. The Morgan fingerprint density at radius 2 is 1.90 bits per heavy atom. The number of nitrogens with one attached hydrogen (secondary N) is 1. The number of amides is 1. The lowest BCUT2D eigenvalue weighted by molar-refractivity contribution is -0.124. The third kappa shape index (κ3) is 5.37. The standard InChI is InChI=1S/C31H37N3O5S/c1-6-24(28(35)33-29-27(30(36)38-5)20-12-11-18(4)15-25(20)40-29)39-31(37)26-19-9-7-8-10-22(19)32-23-13-14-34(17(2)3)16-21(23)26/h7-10,17-18,24H,6,11-16H2,1-5H3,(H,33,35). The van der Waals surface area contributed by atoms with Crippen molar-refractivity contribution in [1.82, 2.24) is 9.88 Å². The molecule has 8 nitrogen and oxygen atoms in total. The van der Waals surface area contributed by atoms with Crippen LogP contribution in [0.3, 0.4) is 0 Å². The molecule has 1 aliphatic carbocycles. The molecule has 2 atom stereocenters. The largest absolute Gasteiger partial charge is 0.465 e. The maximum atomic E-state index is 13.8. The minimum atomic E-state index is -1.02. The highest BCUT2D eigenvalue weighted by Crippen LogP contribution is 2.40. The van der Waals surface area contributed by atoms with Crippen molar-refractivity contribution in [1.29, 1.82) is 0 Å². The van der Waals surface area contributed by atoms with Crippen molar-refractivity contribution in [3.63, 3.8) is 0 Å². The number of anilines is 1. The Labute approximate surface area is 239 Å². The summed E-state index contributed by atoms with van der Waals surface area (Å²) >= 11 is 1.42. The molecule has 1 aliphatic heterocycles. The summed E-state index contributed by atoms with van der Waals surface area (Å²) in [6, 6.07) is 7.89. The van der Waals surface area contributed by atoms with Gasteiger partial charge in [-0.25, -0.2) is 9.59 Å². The maximum absolute atomic E-state index is 13.8. The van der Waals surface area contributed by atoms with E-state index in [1.807, 2.05) is 24.3 Å². The predicted octanol–water partition coefficient (Wildman–Crippen LogP) is 5.55. The van der Waals surface area contributed by atoms with Crippen LogP contribution in [-0.4, -0.2) is 53.5 Å². The zero-order chi connectivity index (χ0) is 28.6. The van der Waals surface area contributed by atoms with E-state index in [1.54, 1.807) is 6.92 Å². The lowest BCUT2D eigenvalue weighted by Crippen LogP contribution is -2.38. The molecule has 2 aliphatic rings. The third-order valence-corrected chi connectivity index (χ3v) is 9.23. The van der Waals surface area contributed by atoms with E-state index in [-0.39, 0.29) is 6.42 Å². The van der Waals surface area contributed by atoms with E-state index in [2.05, 4.69) is 31.0 Å². The molecule has 0 fully saturated rings. The topological polar surface area (TPSA) is 97.8 Å². The summed E-state index contributed by atoms with van der Waals surface area (Å²) in [5.74, 6) is -0.937. The normalized spacial score (nSPS) is 17.7. The molecule has 0 spiro atoms. The number of para-hydroxylation sites is 1. The van der Waals surface area contributed by atoms with Crippen molar-refractivity contribution in [3.8, 4) is 0 Å². The molecule has 1 N–H and O–H groups in total. The van der Waals surface area contributed by atoms with Gasteiger partial charge in [0.05, 0.1) is 23.8 Å². The third-order valence-electron chi connectivity index (χ3n) is 8.06. The molecule has 212 valence electrons. The Balaban J connectivity index is 1.44. The molecule has 2 aromatic heterocycles. The van der Waals surface area contributed by atoms with Gasteiger partial charge in [0.2, 0.25) is 0 Å². The van der Waals surface area contributed by atoms with Crippen LogP contribution < -0.4 is 5.32 Å². The number of fused-ring (bicyclic) bond motifs is 3. The summed E-state index contributed by atoms with van der Waals surface area (Å²) in [5.41, 5.74) is 4.37. The van der Waals surface area contributed by atoms with Gasteiger partial charge in [0.15, 0.2) is 6.10 Å². The summed E-state index contributed by atoms with van der Waals surface area (Å²) < 4.78 is 11.0. The summed E-state index contributed by atoms with van der Waals surface area (Å²) in [5, 5.41) is 4.09. The van der Waals surface area contributed by atoms with E-state index in [9.17, 15) is 14.4 Å². The van der Waals surface area contributed by atoms with Crippen LogP contribution >= 0.6 is 11.3 Å². The number of esters is 2. The number of benzene rings is 1. The molecule has 0 bridgehead atoms. The average Bonchev–Trinajstić information content (AvgIpc) is 3.30. The number of nitrogens with zero attached hydrogens (tertiary/aromatic N) is 2. The molecule has 5 rings (SSSR count). The van der Waals surface area contributed by atoms with Crippen molar-refractivity contribution >= 4 is 45.1 Å². The van der Waals surface area contributed by atoms with Crippen molar-refractivity contribution in [2.45, 2.75) is 78.5 Å². The minimum absolute atomic E-state index is 0.288. The molecule has 0 radical (unpaired) electrons. The Kier molecular flexibility index (Phi) is 8.24. The highest BCUT2D eigenvalue weighted by Gasteiger charge is 2.33. The number of ether oxygens (including phenoxy) is 2. The summed E-state index contributed by atoms with van der Waals surface area (Å²) in [7, 11) is 1.35. The molecule has 1 amide bonds. The van der Waals surface area contributed by atoms with Crippen molar-refractivity contribution in [3.05, 3.63) is 57.1 Å². The van der Waals surface area contributed by atoms with Crippen molar-refractivity contribution < 1.29 is 23.9 Å². The number of hydrogen-bond donors (Lipinski definition) is 1. The van der Waals surface area contributed by atoms with Gasteiger partial charge in [0.1, 0.15) is 5.00 Å². The fourth-order valence-electron chi connectivity index (χ4n) is 5.74. The Morgan fingerprint density at radius 3 is 2.62 bits per heavy atom. The first-order valence-corrected chi connectivity index (χ1v) is 14.9. The van der Waals surface area contributed by atoms with Crippen LogP contribution in [-0.2, 0) is 40.1 Å². The fourth-order valence-corrected chi connectivity index (χ4v) is 7.15. The molecular formula is C31H37N3O5S. The highest BCUT2D eigenvalue weighted by atomic mass is 32.1. The van der Waals surface area contributed by atoms with Gasteiger partial charge in [-0.15, -0.1) is 11.3 Å². The van der Waals surface area contributed by atoms with Gasteiger partial charge < -0.3 is 14.8 Å². The molecule has 1 aromatic carbocycles. The van der Waals surface area contributed by atoms with Gasteiger partial charge in [-0.3, -0.25) is 14.7 Å². The summed E-state index contributed by atoms with van der Waals surface area (Å²) in [6.45, 7) is 9.74. The number of methoxy groups -OCH3 is 1. The van der Waals surface area contributed by atoms with Gasteiger partial charge in [-0.1, -0.05) is 32.0 Å². The smallest absolute Gasteiger partial charge is 0.341 e. The first-order chi connectivity index (χ1) is 19.2. The Morgan fingerprint density at radius 1 is 1.12 bits per heavy atom. The van der Waals surface area contributed by atoms with Crippen molar-refractivity contribution in [2.24, 2.45) is 5.92 Å². The first-order valence-electron chi connectivity index (χ1n) is 14.1. The van der Waals surface area contributed by atoms with Crippen LogP contribution in [0.1, 0.15) is 83.0 Å². The van der Waals surface area contributed by atoms with Gasteiger partial charge >= 0.3 is 11.9 Å². The van der Waals surface area contributed by atoms with Crippen LogP contribution in [0.5, 0.6) is 0 Å². The monoisotopic (exact) mass is 563 g/mol. The van der Waals surface area contributed by atoms with Gasteiger partial charge in [0, 0.05) is 47.1 Å². The molecule has 3 aromatic rings. The highest BCUT2D eigenvalue weighted by molar-refractivity contribution is 7.17. The van der Waals surface area contributed by atoms with Crippen LogP contribution in [0, 0.1) is 5.92 Å². The van der Waals surface area contributed by atoms with Crippen LogP contribution in [0.15, 0.2) is 24.3 Å². The quantitative estimate of drug-likeness (QED) is 0.377. The van der Waals surface area contributed by atoms with E-state index in [1.165, 1.54) is 18.4 Å². The molecule has 0 saturated carbocycles.